The van der Waals surface area contributed by atoms with Gasteiger partial charge in [0.15, 0.2) is 27.2 Å². The summed E-state index contributed by atoms with van der Waals surface area (Å²) in [6.45, 7) is 1.57. The molecule has 4 N–H and O–H groups in total. The Morgan fingerprint density at radius 2 is 1.86 bits per heavy atom. The minimum absolute atomic E-state index is 0.00941. The summed E-state index contributed by atoms with van der Waals surface area (Å²) in [5.41, 5.74) is 6.24. The molecule has 1 unspecified atom stereocenters. The molecule has 9 nitrogen and oxygen atoms in total. The highest BCUT2D eigenvalue weighted by Gasteiger charge is 2.22. The maximum Gasteiger partial charge on any atom is 0.228 e. The SMILES string of the molecule is CS(=O)(=O)c1ccc(CSNc2c(F)cc(Oc3ncccc3-c3ccnc(N)n3)c(F)c2F)cc1.FC1CCCNC1. The van der Waals surface area contributed by atoms with Gasteiger partial charge >= 0.3 is 0 Å². The van der Waals surface area contributed by atoms with Crippen LogP contribution in [-0.4, -0.2) is 48.9 Å². The largest absolute Gasteiger partial charge is 0.435 e. The summed E-state index contributed by atoms with van der Waals surface area (Å²) in [6.07, 6.45) is 5.05. The van der Waals surface area contributed by atoms with E-state index in [9.17, 15) is 26.0 Å². The molecule has 0 aliphatic carbocycles. The van der Waals surface area contributed by atoms with E-state index in [1.54, 1.807) is 24.3 Å². The van der Waals surface area contributed by atoms with Gasteiger partial charge in [-0.05, 0) is 67.2 Å². The van der Waals surface area contributed by atoms with E-state index in [0.29, 0.717) is 29.4 Å². The van der Waals surface area contributed by atoms with Crippen molar-refractivity contribution < 1.29 is 30.7 Å². The van der Waals surface area contributed by atoms with E-state index in [0.717, 1.165) is 37.6 Å². The lowest BCUT2D eigenvalue weighted by molar-refractivity contribution is 0.266. The van der Waals surface area contributed by atoms with Crippen LogP contribution in [0.5, 0.6) is 11.6 Å². The third-order valence-electron chi connectivity index (χ3n) is 6.05. The summed E-state index contributed by atoms with van der Waals surface area (Å²) < 4.78 is 87.3. The topological polar surface area (TPSA) is 132 Å². The lowest BCUT2D eigenvalue weighted by Gasteiger charge is -2.14. The number of piperidine rings is 1. The molecule has 1 saturated heterocycles. The quantitative estimate of drug-likeness (QED) is 0.126. The fourth-order valence-corrected chi connectivity index (χ4v) is 5.26. The van der Waals surface area contributed by atoms with E-state index < -0.39 is 44.9 Å². The molecule has 0 radical (unpaired) electrons. The Balaban J connectivity index is 0.000000530. The van der Waals surface area contributed by atoms with E-state index >= 15 is 0 Å². The number of anilines is 2. The number of ether oxygens (including phenoxy) is 1. The molecule has 43 heavy (non-hydrogen) atoms. The predicted octanol–water partition coefficient (Wildman–Crippen LogP) is 5.70. The van der Waals surface area contributed by atoms with E-state index in [2.05, 4.69) is 25.0 Å². The number of hydrogen-bond acceptors (Lipinski definition) is 10. The molecule has 0 bridgehead atoms. The van der Waals surface area contributed by atoms with Crippen molar-refractivity contribution >= 4 is 33.4 Å². The van der Waals surface area contributed by atoms with Crippen molar-refractivity contribution in [2.45, 2.75) is 29.7 Å². The number of aromatic nitrogens is 3. The zero-order valence-corrected chi connectivity index (χ0v) is 24.5. The summed E-state index contributed by atoms with van der Waals surface area (Å²) in [5, 5.41) is 2.96. The Labute approximate surface area is 250 Å². The van der Waals surface area contributed by atoms with Gasteiger partial charge in [0.2, 0.25) is 17.6 Å². The number of nitrogens with zero attached hydrogens (tertiary/aromatic N) is 3. The van der Waals surface area contributed by atoms with Gasteiger partial charge in [0.25, 0.3) is 0 Å². The zero-order chi connectivity index (χ0) is 31.0. The molecule has 2 aromatic heterocycles. The molecule has 1 aliphatic rings. The number of rotatable bonds is 8. The van der Waals surface area contributed by atoms with E-state index in [1.165, 1.54) is 30.6 Å². The highest BCUT2D eigenvalue weighted by molar-refractivity contribution is 7.99. The van der Waals surface area contributed by atoms with Crippen LogP contribution in [0.1, 0.15) is 18.4 Å². The molecule has 15 heteroatoms. The van der Waals surface area contributed by atoms with Crippen molar-refractivity contribution in [3.8, 4) is 22.9 Å². The third-order valence-corrected chi connectivity index (χ3v) is 8.01. The van der Waals surface area contributed by atoms with Crippen LogP contribution >= 0.6 is 11.9 Å². The summed E-state index contributed by atoms with van der Waals surface area (Å²) in [4.78, 5) is 12.0. The molecule has 2 aromatic carbocycles. The van der Waals surface area contributed by atoms with Crippen molar-refractivity contribution in [1.29, 1.82) is 0 Å². The molecule has 228 valence electrons. The standard InChI is InChI=1S/C23H18F3N5O3S2.C5H10FN/c1-36(32,33)14-6-4-13(5-7-14)12-35-31-21-16(24)11-18(19(25)20(21)26)34-22-15(3-2-9-28-22)17-8-10-29-23(27)30-17;6-5-2-1-3-7-4-5/h2-11,31H,12H2,1H3,(H2,27,29,30);5,7H,1-4H2. The maximum absolute atomic E-state index is 14.8. The van der Waals surface area contributed by atoms with Crippen LogP contribution in [-0.2, 0) is 15.6 Å². The molecule has 4 aromatic rings. The van der Waals surface area contributed by atoms with Crippen molar-refractivity contribution in [2.75, 3.05) is 29.8 Å². The normalized spacial score (nSPS) is 14.9. The van der Waals surface area contributed by atoms with Gasteiger partial charge in [0, 0.05) is 37.0 Å². The van der Waals surface area contributed by atoms with Gasteiger partial charge in [-0.15, -0.1) is 0 Å². The average molecular weight is 637 g/mol. The second kappa shape index (κ2) is 14.5. The van der Waals surface area contributed by atoms with Gasteiger partial charge in [-0.1, -0.05) is 12.1 Å². The molecule has 3 heterocycles. The molecule has 1 aliphatic heterocycles. The molecule has 0 saturated carbocycles. The van der Waals surface area contributed by atoms with Crippen LogP contribution in [0, 0.1) is 17.5 Å². The number of nitrogens with one attached hydrogen (secondary N) is 2. The second-order valence-corrected chi connectivity index (χ2v) is 12.2. The first-order chi connectivity index (χ1) is 20.5. The first-order valence-corrected chi connectivity index (χ1v) is 15.8. The number of sulfone groups is 1. The van der Waals surface area contributed by atoms with Crippen LogP contribution in [0.15, 0.2) is 65.8 Å². The summed E-state index contributed by atoms with van der Waals surface area (Å²) in [7, 11) is -3.34. The molecule has 1 fully saturated rings. The Morgan fingerprint density at radius 3 is 2.49 bits per heavy atom. The highest BCUT2D eigenvalue weighted by Crippen LogP contribution is 2.36. The van der Waals surface area contributed by atoms with Gasteiger partial charge in [-0.2, -0.15) is 4.39 Å². The number of hydrogen-bond donors (Lipinski definition) is 3. The first-order valence-electron chi connectivity index (χ1n) is 12.9. The molecule has 0 amide bonds. The van der Waals surface area contributed by atoms with E-state index in [4.69, 9.17) is 10.5 Å². The minimum atomic E-state index is -3.34. The van der Waals surface area contributed by atoms with Crippen molar-refractivity contribution in [3.05, 3.63) is 83.9 Å². The van der Waals surface area contributed by atoms with E-state index in [-0.39, 0.29) is 22.5 Å². The minimum Gasteiger partial charge on any atom is -0.435 e. The number of halogens is 4. The average Bonchev–Trinajstić information content (AvgIpc) is 2.98. The lowest BCUT2D eigenvalue weighted by Crippen LogP contribution is -2.30. The predicted molar refractivity (Wildman–Crippen MR) is 158 cm³/mol. The lowest BCUT2D eigenvalue weighted by atomic mass is 10.1. The highest BCUT2D eigenvalue weighted by atomic mass is 32.2. The Kier molecular flexibility index (Phi) is 10.8. The first kappa shape index (κ1) is 32.0. The second-order valence-electron chi connectivity index (χ2n) is 9.37. The summed E-state index contributed by atoms with van der Waals surface area (Å²) in [5.74, 6) is -4.62. The summed E-state index contributed by atoms with van der Waals surface area (Å²) >= 11 is 0.895. The zero-order valence-electron chi connectivity index (χ0n) is 22.9. The van der Waals surface area contributed by atoms with Crippen LogP contribution < -0.4 is 20.5 Å². The number of nitrogen functional groups attached to an aromatic ring is 1. The van der Waals surface area contributed by atoms with Gasteiger partial charge < -0.3 is 20.5 Å². The van der Waals surface area contributed by atoms with Crippen LogP contribution in [0.4, 0.5) is 29.2 Å². The molecular weight excluding hydrogens is 608 g/mol. The fraction of sp³-hybridized carbons (Fsp3) is 0.250. The van der Waals surface area contributed by atoms with E-state index in [1.807, 2.05) is 0 Å². The van der Waals surface area contributed by atoms with Gasteiger partial charge in [0.05, 0.1) is 16.2 Å². The van der Waals surface area contributed by atoms with Crippen LogP contribution in [0.3, 0.4) is 0 Å². The fourth-order valence-electron chi connectivity index (χ4n) is 3.87. The number of pyridine rings is 1. The Hall–Kier alpha value is -3.95. The smallest absolute Gasteiger partial charge is 0.228 e. The maximum atomic E-state index is 14.8. The molecular formula is C28H28F4N6O3S2. The third kappa shape index (κ3) is 8.78. The number of alkyl halides is 1. The summed E-state index contributed by atoms with van der Waals surface area (Å²) in [6, 6.07) is 11.4. The molecule has 5 rings (SSSR count). The van der Waals surface area contributed by atoms with Gasteiger partial charge in [-0.25, -0.2) is 36.5 Å². The van der Waals surface area contributed by atoms with Crippen molar-refractivity contribution in [3.63, 3.8) is 0 Å². The van der Waals surface area contributed by atoms with Crippen LogP contribution in [0.2, 0.25) is 0 Å². The van der Waals surface area contributed by atoms with Gasteiger partial charge in [-0.3, -0.25) is 0 Å². The van der Waals surface area contributed by atoms with Crippen molar-refractivity contribution in [2.24, 2.45) is 0 Å². The molecule has 0 spiro atoms. The number of benzene rings is 2. The Bertz CT molecular complexity index is 1660. The van der Waals surface area contributed by atoms with Crippen LogP contribution in [0.25, 0.3) is 11.3 Å². The van der Waals surface area contributed by atoms with Crippen molar-refractivity contribution in [1.82, 2.24) is 20.3 Å². The Morgan fingerprint density at radius 1 is 1.09 bits per heavy atom. The number of nitrogens with two attached hydrogens (primary N) is 1. The van der Waals surface area contributed by atoms with Gasteiger partial charge in [0.1, 0.15) is 11.9 Å². The molecule has 1 atom stereocenters. The monoisotopic (exact) mass is 636 g/mol.